The lowest BCUT2D eigenvalue weighted by atomic mass is 9.80. The molecule has 0 spiro atoms. The van der Waals surface area contributed by atoms with Gasteiger partial charge in [0.1, 0.15) is 0 Å². The average molecular weight is 244 g/mol. The predicted octanol–water partition coefficient (Wildman–Crippen LogP) is 0.872. The molecule has 1 aliphatic rings. The van der Waals surface area contributed by atoms with E-state index < -0.39 is 6.10 Å². The van der Waals surface area contributed by atoms with Gasteiger partial charge in [-0.15, -0.1) is 0 Å². The molecule has 3 N–H and O–H groups in total. The molecule has 5 nitrogen and oxygen atoms in total. The lowest BCUT2D eigenvalue weighted by molar-refractivity contribution is 0.0598. The Morgan fingerprint density at radius 3 is 2.76 bits per heavy atom. The second-order valence-corrected chi connectivity index (χ2v) is 4.78. The summed E-state index contributed by atoms with van der Waals surface area (Å²) in [5.41, 5.74) is 0. The van der Waals surface area contributed by atoms with Crippen LogP contribution in [0.1, 0.15) is 32.6 Å². The summed E-state index contributed by atoms with van der Waals surface area (Å²) in [6, 6.07) is 0.0988. The van der Waals surface area contributed by atoms with Gasteiger partial charge >= 0.3 is 6.03 Å². The van der Waals surface area contributed by atoms with Crippen LogP contribution in [0.5, 0.6) is 0 Å². The topological polar surface area (TPSA) is 70.6 Å². The van der Waals surface area contributed by atoms with E-state index in [0.29, 0.717) is 25.5 Å². The lowest BCUT2D eigenvalue weighted by Gasteiger charge is -2.31. The van der Waals surface area contributed by atoms with E-state index in [9.17, 15) is 9.90 Å². The maximum Gasteiger partial charge on any atom is 0.315 e. The van der Waals surface area contributed by atoms with Crippen LogP contribution in [0, 0.1) is 5.92 Å². The number of aliphatic hydroxyl groups is 1. The highest BCUT2D eigenvalue weighted by atomic mass is 16.5. The SMILES string of the molecule is COCC(O)CCNC(=O)NC(C)C1CCC1. The number of nitrogens with one attached hydrogen (secondary N) is 2. The molecule has 0 bridgehead atoms. The second kappa shape index (κ2) is 7.50. The molecule has 0 aromatic heterocycles. The van der Waals surface area contributed by atoms with Crippen molar-refractivity contribution in [2.75, 3.05) is 20.3 Å². The van der Waals surface area contributed by atoms with Crippen molar-refractivity contribution in [1.82, 2.24) is 10.6 Å². The molecule has 100 valence electrons. The monoisotopic (exact) mass is 244 g/mol. The Morgan fingerprint density at radius 1 is 1.53 bits per heavy atom. The minimum absolute atomic E-state index is 0.144. The third-order valence-electron chi connectivity index (χ3n) is 3.34. The Morgan fingerprint density at radius 2 is 2.24 bits per heavy atom. The molecule has 1 aliphatic carbocycles. The summed E-state index contributed by atoms with van der Waals surface area (Å²) < 4.78 is 4.80. The van der Waals surface area contributed by atoms with Gasteiger partial charge in [0.25, 0.3) is 0 Å². The molecule has 1 rings (SSSR count). The molecule has 0 aliphatic heterocycles. The van der Waals surface area contributed by atoms with Crippen molar-refractivity contribution in [3.8, 4) is 0 Å². The first kappa shape index (κ1) is 14.3. The Labute approximate surface area is 103 Å². The van der Waals surface area contributed by atoms with Crippen molar-refractivity contribution < 1.29 is 14.6 Å². The third-order valence-corrected chi connectivity index (χ3v) is 3.34. The normalized spacial score (nSPS) is 19.2. The fourth-order valence-corrected chi connectivity index (χ4v) is 1.94. The summed E-state index contributed by atoms with van der Waals surface area (Å²) in [6.07, 6.45) is 3.71. The zero-order chi connectivity index (χ0) is 12.7. The molecule has 0 heterocycles. The van der Waals surface area contributed by atoms with Crippen LogP contribution in [0.3, 0.4) is 0 Å². The first-order chi connectivity index (χ1) is 8.13. The molecular weight excluding hydrogens is 220 g/mol. The third kappa shape index (κ3) is 5.37. The van der Waals surface area contributed by atoms with Gasteiger partial charge < -0.3 is 20.5 Å². The fraction of sp³-hybridized carbons (Fsp3) is 0.917. The average Bonchev–Trinajstić information content (AvgIpc) is 2.14. The minimum Gasteiger partial charge on any atom is -0.391 e. The Bertz CT molecular complexity index is 232. The van der Waals surface area contributed by atoms with Crippen molar-refractivity contribution in [3.05, 3.63) is 0 Å². The van der Waals surface area contributed by atoms with E-state index in [2.05, 4.69) is 10.6 Å². The highest BCUT2D eigenvalue weighted by Crippen LogP contribution is 2.29. The summed E-state index contributed by atoms with van der Waals surface area (Å²) >= 11 is 0. The number of methoxy groups -OCH3 is 1. The van der Waals surface area contributed by atoms with Gasteiger partial charge in [0.15, 0.2) is 0 Å². The van der Waals surface area contributed by atoms with E-state index in [1.54, 1.807) is 7.11 Å². The van der Waals surface area contributed by atoms with Crippen LogP contribution in [0.2, 0.25) is 0 Å². The number of urea groups is 1. The number of hydrogen-bond acceptors (Lipinski definition) is 3. The maximum atomic E-state index is 11.5. The van der Waals surface area contributed by atoms with Gasteiger partial charge in [0.05, 0.1) is 12.7 Å². The molecule has 17 heavy (non-hydrogen) atoms. The highest BCUT2D eigenvalue weighted by Gasteiger charge is 2.24. The fourth-order valence-electron chi connectivity index (χ4n) is 1.94. The van der Waals surface area contributed by atoms with E-state index in [1.165, 1.54) is 19.3 Å². The highest BCUT2D eigenvalue weighted by molar-refractivity contribution is 5.74. The minimum atomic E-state index is -0.510. The van der Waals surface area contributed by atoms with Crippen LogP contribution in [0.25, 0.3) is 0 Å². The summed E-state index contributed by atoms with van der Waals surface area (Å²) in [5, 5.41) is 15.0. The van der Waals surface area contributed by atoms with Crippen molar-refractivity contribution in [3.63, 3.8) is 0 Å². The van der Waals surface area contributed by atoms with Crippen LogP contribution in [-0.4, -0.2) is 43.5 Å². The van der Waals surface area contributed by atoms with Gasteiger partial charge in [-0.3, -0.25) is 0 Å². The number of ether oxygens (including phenoxy) is 1. The molecule has 2 amide bonds. The molecular formula is C12H24N2O3. The quantitative estimate of drug-likeness (QED) is 0.622. The molecule has 0 aromatic rings. The van der Waals surface area contributed by atoms with Crippen LogP contribution in [-0.2, 0) is 4.74 Å². The molecule has 2 unspecified atom stereocenters. The summed E-state index contributed by atoms with van der Waals surface area (Å²) in [5.74, 6) is 0.639. The maximum absolute atomic E-state index is 11.5. The zero-order valence-electron chi connectivity index (χ0n) is 10.7. The van der Waals surface area contributed by atoms with Crippen LogP contribution < -0.4 is 10.6 Å². The van der Waals surface area contributed by atoms with Gasteiger partial charge in [-0.1, -0.05) is 6.42 Å². The van der Waals surface area contributed by atoms with Crippen LogP contribution in [0.15, 0.2) is 0 Å². The van der Waals surface area contributed by atoms with Gasteiger partial charge in [0.2, 0.25) is 0 Å². The first-order valence-electron chi connectivity index (χ1n) is 6.35. The van der Waals surface area contributed by atoms with E-state index in [0.717, 1.165) is 0 Å². The van der Waals surface area contributed by atoms with Gasteiger partial charge in [-0.05, 0) is 32.1 Å². The first-order valence-corrected chi connectivity index (χ1v) is 6.35. The summed E-state index contributed by atoms with van der Waals surface area (Å²) in [7, 11) is 1.55. The van der Waals surface area contributed by atoms with Crippen LogP contribution in [0.4, 0.5) is 4.79 Å². The molecule has 0 saturated heterocycles. The Kier molecular flexibility index (Phi) is 6.29. The molecule has 0 radical (unpaired) electrons. The van der Waals surface area contributed by atoms with Gasteiger partial charge in [-0.2, -0.15) is 0 Å². The Hall–Kier alpha value is -0.810. The van der Waals surface area contributed by atoms with Crippen LogP contribution >= 0.6 is 0 Å². The second-order valence-electron chi connectivity index (χ2n) is 4.78. The largest absolute Gasteiger partial charge is 0.391 e. The smallest absolute Gasteiger partial charge is 0.315 e. The molecule has 1 saturated carbocycles. The van der Waals surface area contributed by atoms with Gasteiger partial charge in [-0.25, -0.2) is 4.79 Å². The van der Waals surface area contributed by atoms with Crippen molar-refractivity contribution in [2.45, 2.75) is 44.8 Å². The van der Waals surface area contributed by atoms with E-state index in [4.69, 9.17) is 4.74 Å². The molecule has 5 heteroatoms. The summed E-state index contributed by atoms with van der Waals surface area (Å²) in [4.78, 5) is 11.5. The summed E-state index contributed by atoms with van der Waals surface area (Å²) in [6.45, 7) is 2.82. The van der Waals surface area contributed by atoms with Crippen molar-refractivity contribution in [2.24, 2.45) is 5.92 Å². The molecule has 0 aromatic carbocycles. The lowest BCUT2D eigenvalue weighted by Crippen LogP contribution is -2.46. The number of aliphatic hydroxyl groups excluding tert-OH is 1. The zero-order valence-corrected chi connectivity index (χ0v) is 10.7. The van der Waals surface area contributed by atoms with Gasteiger partial charge in [0, 0.05) is 19.7 Å². The number of amides is 2. The van der Waals surface area contributed by atoms with E-state index >= 15 is 0 Å². The molecule has 1 fully saturated rings. The standard InChI is InChI=1S/C12H24N2O3/c1-9(10-4-3-5-10)14-12(16)13-7-6-11(15)8-17-2/h9-11,15H,3-8H2,1-2H3,(H2,13,14,16). The number of hydrogen-bond donors (Lipinski definition) is 3. The molecule has 2 atom stereocenters. The van der Waals surface area contributed by atoms with Crippen molar-refractivity contribution in [1.29, 1.82) is 0 Å². The predicted molar refractivity (Wildman–Crippen MR) is 65.8 cm³/mol. The van der Waals surface area contributed by atoms with E-state index in [1.807, 2.05) is 6.92 Å². The number of rotatable bonds is 7. The number of carbonyl (C=O) groups excluding carboxylic acids is 1. The van der Waals surface area contributed by atoms with Crippen molar-refractivity contribution >= 4 is 6.03 Å². The number of carbonyl (C=O) groups is 1. The van der Waals surface area contributed by atoms with E-state index in [-0.39, 0.29) is 12.1 Å². The Balaban J connectivity index is 2.04.